The molecule has 1 rings (SSSR count). The molecule has 0 aliphatic rings. The van der Waals surface area contributed by atoms with Crippen LogP contribution in [0.1, 0.15) is 18.1 Å². The van der Waals surface area contributed by atoms with Crippen molar-refractivity contribution in [2.75, 3.05) is 6.61 Å². The molecule has 5 nitrogen and oxygen atoms in total. The van der Waals surface area contributed by atoms with Gasteiger partial charge in [-0.25, -0.2) is 0 Å². The average Bonchev–Trinajstić information content (AvgIpc) is 2.17. The Kier molecular flexibility index (Phi) is 3.99. The van der Waals surface area contributed by atoms with E-state index < -0.39 is 4.92 Å². The molecule has 0 N–H and O–H groups in total. The summed E-state index contributed by atoms with van der Waals surface area (Å²) in [6, 6.07) is 4.61. The number of nitro benzene ring substituents is 1. The van der Waals surface area contributed by atoms with Crippen molar-refractivity contribution in [3.63, 3.8) is 0 Å². The Bertz CT molecular complexity index is 414. The molecule has 0 saturated heterocycles. The van der Waals surface area contributed by atoms with Crippen molar-refractivity contribution < 1.29 is 14.5 Å². The Labute approximate surface area is 93.2 Å². The second-order valence-corrected chi connectivity index (χ2v) is 3.36. The molecule has 0 bridgehead atoms. The maximum Gasteiger partial charge on any atom is 0.310 e. The van der Waals surface area contributed by atoms with Crippen molar-refractivity contribution in [1.82, 2.24) is 0 Å². The summed E-state index contributed by atoms with van der Waals surface area (Å²) in [5.74, 6) is -0.323. The lowest BCUT2D eigenvalue weighted by molar-refractivity contribution is -0.385. The van der Waals surface area contributed by atoms with Gasteiger partial charge in [-0.3, -0.25) is 14.9 Å². The second-order valence-electron chi connectivity index (χ2n) is 3.36. The summed E-state index contributed by atoms with van der Waals surface area (Å²) in [5, 5.41) is 10.6. The van der Waals surface area contributed by atoms with E-state index in [1.165, 1.54) is 6.07 Å². The number of carbonyl (C=O) groups is 1. The first kappa shape index (κ1) is 12.2. The number of hydrogen-bond donors (Lipinski definition) is 0. The lowest BCUT2D eigenvalue weighted by atomic mass is 10.1. The summed E-state index contributed by atoms with van der Waals surface area (Å²) in [6.07, 6.45) is 0.146. The molecule has 0 saturated carbocycles. The van der Waals surface area contributed by atoms with E-state index in [1.54, 1.807) is 26.0 Å². The summed E-state index contributed by atoms with van der Waals surface area (Å²) in [7, 11) is 0. The van der Waals surface area contributed by atoms with Crippen LogP contribution in [0.2, 0.25) is 0 Å². The molecule has 1 aromatic carbocycles. The summed E-state index contributed by atoms with van der Waals surface area (Å²) in [6.45, 7) is 3.72. The minimum Gasteiger partial charge on any atom is -0.466 e. The molecular formula is C11H13NO4. The number of aryl methyl sites for hydroxylation is 1. The number of nitro groups is 1. The molecule has 86 valence electrons. The maximum atomic E-state index is 11.2. The van der Waals surface area contributed by atoms with Gasteiger partial charge in [-0.2, -0.15) is 0 Å². The summed E-state index contributed by atoms with van der Waals surface area (Å²) in [5.41, 5.74) is 1.33. The molecule has 0 spiro atoms. The van der Waals surface area contributed by atoms with E-state index in [1.807, 2.05) is 0 Å². The molecule has 1 aromatic rings. The van der Waals surface area contributed by atoms with E-state index in [9.17, 15) is 14.9 Å². The number of nitrogens with zero attached hydrogens (tertiary/aromatic N) is 1. The highest BCUT2D eigenvalue weighted by Gasteiger charge is 2.11. The first-order valence-corrected chi connectivity index (χ1v) is 4.94. The minimum atomic E-state index is -0.441. The fourth-order valence-corrected chi connectivity index (χ4v) is 1.41. The van der Waals surface area contributed by atoms with Crippen LogP contribution in [0.25, 0.3) is 0 Å². The smallest absolute Gasteiger partial charge is 0.310 e. The lowest BCUT2D eigenvalue weighted by Gasteiger charge is -2.03. The van der Waals surface area contributed by atoms with Crippen molar-refractivity contribution in [3.05, 3.63) is 39.4 Å². The monoisotopic (exact) mass is 223 g/mol. The third kappa shape index (κ3) is 3.05. The van der Waals surface area contributed by atoms with Gasteiger partial charge < -0.3 is 4.74 Å². The first-order chi connectivity index (χ1) is 7.54. The molecule has 0 radical (unpaired) electrons. The van der Waals surface area contributed by atoms with Gasteiger partial charge in [0, 0.05) is 11.6 Å². The fraction of sp³-hybridized carbons (Fsp3) is 0.364. The van der Waals surface area contributed by atoms with Gasteiger partial charge in [0.25, 0.3) is 5.69 Å². The summed E-state index contributed by atoms with van der Waals surface area (Å²) >= 11 is 0. The maximum absolute atomic E-state index is 11.2. The lowest BCUT2D eigenvalue weighted by Crippen LogP contribution is -2.07. The number of ether oxygens (including phenoxy) is 1. The van der Waals surface area contributed by atoms with Gasteiger partial charge in [0.05, 0.1) is 18.0 Å². The van der Waals surface area contributed by atoms with Crippen molar-refractivity contribution in [3.8, 4) is 0 Å². The van der Waals surface area contributed by atoms with Gasteiger partial charge in [0.15, 0.2) is 0 Å². The zero-order chi connectivity index (χ0) is 12.1. The van der Waals surface area contributed by atoms with Crippen LogP contribution in [0.15, 0.2) is 18.2 Å². The molecule has 0 heterocycles. The molecular weight excluding hydrogens is 210 g/mol. The fourth-order valence-electron chi connectivity index (χ4n) is 1.41. The number of rotatable bonds is 4. The normalized spacial score (nSPS) is 9.88. The molecule has 5 heteroatoms. The minimum absolute atomic E-state index is 0.0626. The van der Waals surface area contributed by atoms with E-state index in [-0.39, 0.29) is 18.1 Å². The Balaban J connectivity index is 2.81. The number of hydrogen-bond acceptors (Lipinski definition) is 4. The van der Waals surface area contributed by atoms with Crippen LogP contribution in [-0.2, 0) is 16.0 Å². The van der Waals surface area contributed by atoms with Crippen LogP contribution in [0.4, 0.5) is 5.69 Å². The molecule has 0 atom stereocenters. The van der Waals surface area contributed by atoms with E-state index >= 15 is 0 Å². The third-order valence-corrected chi connectivity index (χ3v) is 2.11. The topological polar surface area (TPSA) is 69.4 Å². The molecule has 0 aromatic heterocycles. The number of esters is 1. The quantitative estimate of drug-likeness (QED) is 0.444. The van der Waals surface area contributed by atoms with Gasteiger partial charge in [0.2, 0.25) is 0 Å². The van der Waals surface area contributed by atoms with Crippen LogP contribution < -0.4 is 0 Å². The predicted octanol–water partition coefficient (Wildman–Crippen LogP) is 2.01. The Morgan fingerprint density at radius 2 is 2.19 bits per heavy atom. The van der Waals surface area contributed by atoms with Crippen LogP contribution >= 0.6 is 0 Å². The van der Waals surface area contributed by atoms with E-state index in [4.69, 9.17) is 4.74 Å². The Hall–Kier alpha value is -1.91. The number of carbonyl (C=O) groups excluding carboxylic acids is 1. The number of benzene rings is 1. The Morgan fingerprint density at radius 1 is 1.50 bits per heavy atom. The van der Waals surface area contributed by atoms with Crippen molar-refractivity contribution >= 4 is 11.7 Å². The van der Waals surface area contributed by atoms with Gasteiger partial charge in [-0.05, 0) is 25.5 Å². The van der Waals surface area contributed by atoms with E-state index in [0.717, 1.165) is 5.56 Å². The molecule has 16 heavy (non-hydrogen) atoms. The summed E-state index contributed by atoms with van der Waals surface area (Å²) < 4.78 is 4.79. The Morgan fingerprint density at radius 3 is 2.69 bits per heavy atom. The summed E-state index contributed by atoms with van der Waals surface area (Å²) in [4.78, 5) is 21.3. The van der Waals surface area contributed by atoms with Crippen molar-refractivity contribution in [2.45, 2.75) is 20.3 Å². The van der Waals surface area contributed by atoms with Gasteiger partial charge >= 0.3 is 5.97 Å². The zero-order valence-electron chi connectivity index (χ0n) is 9.23. The second kappa shape index (κ2) is 5.25. The molecule has 0 unspecified atom stereocenters. The van der Waals surface area contributed by atoms with E-state index in [2.05, 4.69) is 0 Å². The van der Waals surface area contributed by atoms with Gasteiger partial charge in [-0.1, -0.05) is 6.07 Å². The molecule has 0 fully saturated rings. The van der Waals surface area contributed by atoms with Crippen LogP contribution in [0.3, 0.4) is 0 Å². The standard InChI is InChI=1S/C11H13NO4/c1-3-16-11(13)7-9-4-5-10(12(14)15)8(2)6-9/h4-6H,3,7H2,1-2H3. The highest BCUT2D eigenvalue weighted by molar-refractivity contribution is 5.72. The molecule has 0 aliphatic carbocycles. The highest BCUT2D eigenvalue weighted by Crippen LogP contribution is 2.19. The first-order valence-electron chi connectivity index (χ1n) is 4.94. The highest BCUT2D eigenvalue weighted by atomic mass is 16.6. The average molecular weight is 223 g/mol. The van der Waals surface area contributed by atoms with Crippen LogP contribution in [0, 0.1) is 17.0 Å². The zero-order valence-corrected chi connectivity index (χ0v) is 9.23. The van der Waals surface area contributed by atoms with Gasteiger partial charge in [-0.15, -0.1) is 0 Å². The molecule has 0 amide bonds. The molecule has 0 aliphatic heterocycles. The predicted molar refractivity (Wildman–Crippen MR) is 58.2 cm³/mol. The van der Waals surface area contributed by atoms with Crippen LogP contribution in [-0.4, -0.2) is 17.5 Å². The largest absolute Gasteiger partial charge is 0.466 e. The SMILES string of the molecule is CCOC(=O)Cc1ccc([N+](=O)[O-])c(C)c1. The van der Waals surface area contributed by atoms with E-state index in [0.29, 0.717) is 12.2 Å². The van der Waals surface area contributed by atoms with Gasteiger partial charge in [0.1, 0.15) is 0 Å². The van der Waals surface area contributed by atoms with Crippen LogP contribution in [0.5, 0.6) is 0 Å². The third-order valence-electron chi connectivity index (χ3n) is 2.11. The van der Waals surface area contributed by atoms with Crippen molar-refractivity contribution in [1.29, 1.82) is 0 Å². The van der Waals surface area contributed by atoms with Crippen molar-refractivity contribution in [2.24, 2.45) is 0 Å².